The van der Waals surface area contributed by atoms with E-state index in [1.54, 1.807) is 0 Å². The van der Waals surface area contributed by atoms with Gasteiger partial charge in [0.1, 0.15) is 5.75 Å². The lowest BCUT2D eigenvalue weighted by atomic mass is 10.1. The minimum absolute atomic E-state index is 0.705. The van der Waals surface area contributed by atoms with Crippen LogP contribution in [0, 0.1) is 12.8 Å². The molecular formula is C16H25N3O. The van der Waals surface area contributed by atoms with E-state index in [0.717, 1.165) is 30.7 Å². The Morgan fingerprint density at radius 2 is 2.15 bits per heavy atom. The molecule has 0 aliphatic heterocycles. The van der Waals surface area contributed by atoms with Crippen LogP contribution in [-0.2, 0) is 6.54 Å². The fraction of sp³-hybridized carbons (Fsp3) is 0.562. The van der Waals surface area contributed by atoms with Crippen molar-refractivity contribution in [1.29, 1.82) is 0 Å². The number of nitrogens with zero attached hydrogens (tertiary/aromatic N) is 1. The van der Waals surface area contributed by atoms with Gasteiger partial charge in [-0.05, 0) is 49.8 Å². The largest absolute Gasteiger partial charge is 0.494 e. The number of hydrogen-bond acceptors (Lipinski definition) is 2. The monoisotopic (exact) mass is 275 g/mol. The Morgan fingerprint density at radius 1 is 1.35 bits per heavy atom. The van der Waals surface area contributed by atoms with Gasteiger partial charge in [-0.2, -0.15) is 0 Å². The molecule has 0 amide bonds. The van der Waals surface area contributed by atoms with Crippen molar-refractivity contribution in [3.05, 3.63) is 29.3 Å². The highest BCUT2D eigenvalue weighted by atomic mass is 16.5. The Labute approximate surface area is 121 Å². The second-order valence-corrected chi connectivity index (χ2v) is 5.28. The molecule has 1 aliphatic rings. The maximum absolute atomic E-state index is 5.55. The normalized spacial score (nSPS) is 15.1. The molecule has 0 aromatic heterocycles. The summed E-state index contributed by atoms with van der Waals surface area (Å²) >= 11 is 0. The van der Waals surface area contributed by atoms with E-state index in [4.69, 9.17) is 4.74 Å². The highest BCUT2D eigenvalue weighted by Crippen LogP contribution is 2.27. The van der Waals surface area contributed by atoms with E-state index in [2.05, 4.69) is 34.7 Å². The maximum atomic E-state index is 5.55. The second kappa shape index (κ2) is 7.17. The first-order chi connectivity index (χ1) is 9.72. The minimum atomic E-state index is 0.705. The predicted octanol–water partition coefficient (Wildman–Crippen LogP) is 2.47. The molecule has 0 bridgehead atoms. The van der Waals surface area contributed by atoms with Crippen molar-refractivity contribution in [2.24, 2.45) is 10.9 Å². The zero-order chi connectivity index (χ0) is 14.4. The summed E-state index contributed by atoms with van der Waals surface area (Å²) in [6.45, 7) is 6.59. The van der Waals surface area contributed by atoms with Gasteiger partial charge in [-0.25, -0.2) is 0 Å². The molecule has 1 saturated carbocycles. The molecule has 1 aromatic rings. The summed E-state index contributed by atoms with van der Waals surface area (Å²) in [5, 5.41) is 6.71. The third-order valence-electron chi connectivity index (χ3n) is 3.48. The van der Waals surface area contributed by atoms with Crippen molar-refractivity contribution in [3.8, 4) is 5.75 Å². The Kier molecular flexibility index (Phi) is 5.27. The van der Waals surface area contributed by atoms with E-state index in [9.17, 15) is 0 Å². The Balaban J connectivity index is 1.83. The average molecular weight is 275 g/mol. The summed E-state index contributed by atoms with van der Waals surface area (Å²) in [5.41, 5.74) is 2.41. The van der Waals surface area contributed by atoms with E-state index in [1.807, 2.05) is 20.0 Å². The van der Waals surface area contributed by atoms with Gasteiger partial charge in [-0.3, -0.25) is 4.99 Å². The van der Waals surface area contributed by atoms with Crippen molar-refractivity contribution < 1.29 is 4.74 Å². The quantitative estimate of drug-likeness (QED) is 0.619. The van der Waals surface area contributed by atoms with E-state index in [1.165, 1.54) is 24.0 Å². The summed E-state index contributed by atoms with van der Waals surface area (Å²) < 4.78 is 5.55. The van der Waals surface area contributed by atoms with Crippen LogP contribution in [0.4, 0.5) is 0 Å². The summed E-state index contributed by atoms with van der Waals surface area (Å²) in [7, 11) is 1.81. The predicted molar refractivity (Wildman–Crippen MR) is 83.3 cm³/mol. The Morgan fingerprint density at radius 3 is 2.75 bits per heavy atom. The number of aliphatic imine (C=N–C) groups is 1. The molecule has 1 aromatic carbocycles. The van der Waals surface area contributed by atoms with E-state index in [-0.39, 0.29) is 0 Å². The number of aryl methyl sites for hydroxylation is 1. The molecule has 0 radical (unpaired) electrons. The first-order valence-corrected chi connectivity index (χ1v) is 7.39. The first-order valence-electron chi connectivity index (χ1n) is 7.39. The number of benzene rings is 1. The van der Waals surface area contributed by atoms with E-state index in [0.29, 0.717) is 6.61 Å². The molecule has 0 heterocycles. The number of ether oxygens (including phenoxy) is 1. The van der Waals surface area contributed by atoms with Crippen molar-refractivity contribution in [3.63, 3.8) is 0 Å². The lowest BCUT2D eigenvalue weighted by Crippen LogP contribution is -2.37. The van der Waals surface area contributed by atoms with Crippen LogP contribution >= 0.6 is 0 Å². The van der Waals surface area contributed by atoms with Crippen LogP contribution in [0.3, 0.4) is 0 Å². The topological polar surface area (TPSA) is 45.6 Å². The molecule has 20 heavy (non-hydrogen) atoms. The van der Waals surface area contributed by atoms with Crippen molar-refractivity contribution >= 4 is 5.96 Å². The molecule has 110 valence electrons. The fourth-order valence-electron chi connectivity index (χ4n) is 2.11. The lowest BCUT2D eigenvalue weighted by Gasteiger charge is -2.13. The van der Waals surface area contributed by atoms with Gasteiger partial charge < -0.3 is 15.4 Å². The molecule has 2 N–H and O–H groups in total. The highest BCUT2D eigenvalue weighted by molar-refractivity contribution is 5.79. The molecule has 4 nitrogen and oxygen atoms in total. The van der Waals surface area contributed by atoms with E-state index >= 15 is 0 Å². The van der Waals surface area contributed by atoms with Crippen molar-refractivity contribution in [2.75, 3.05) is 20.2 Å². The average Bonchev–Trinajstić information content (AvgIpc) is 3.26. The molecule has 0 atom stereocenters. The number of nitrogens with one attached hydrogen (secondary N) is 2. The zero-order valence-corrected chi connectivity index (χ0v) is 12.7. The zero-order valence-electron chi connectivity index (χ0n) is 12.7. The van der Waals surface area contributed by atoms with E-state index < -0.39 is 0 Å². The minimum Gasteiger partial charge on any atom is -0.494 e. The fourth-order valence-corrected chi connectivity index (χ4v) is 2.11. The molecular weight excluding hydrogens is 250 g/mol. The van der Waals surface area contributed by atoms with Crippen LogP contribution < -0.4 is 15.4 Å². The number of hydrogen-bond donors (Lipinski definition) is 2. The van der Waals surface area contributed by atoms with Crippen LogP contribution in [0.25, 0.3) is 0 Å². The second-order valence-electron chi connectivity index (χ2n) is 5.28. The van der Waals surface area contributed by atoms with Gasteiger partial charge in [0, 0.05) is 20.1 Å². The third-order valence-corrected chi connectivity index (χ3v) is 3.48. The number of guanidine groups is 1. The smallest absolute Gasteiger partial charge is 0.191 e. The lowest BCUT2D eigenvalue weighted by molar-refractivity contribution is 0.338. The van der Waals surface area contributed by atoms with Gasteiger partial charge in [0.05, 0.1) is 6.61 Å². The molecule has 4 heteroatoms. The maximum Gasteiger partial charge on any atom is 0.191 e. The summed E-state index contributed by atoms with van der Waals surface area (Å²) in [6.07, 6.45) is 2.70. The van der Waals surface area contributed by atoms with Crippen LogP contribution in [0.15, 0.2) is 23.2 Å². The van der Waals surface area contributed by atoms with Crippen LogP contribution in [0.5, 0.6) is 5.75 Å². The first kappa shape index (κ1) is 14.7. The highest BCUT2D eigenvalue weighted by Gasteiger charge is 2.20. The molecule has 1 fully saturated rings. The van der Waals surface area contributed by atoms with Crippen molar-refractivity contribution in [2.45, 2.75) is 33.2 Å². The number of rotatable bonds is 6. The van der Waals surface area contributed by atoms with Gasteiger partial charge in [-0.1, -0.05) is 12.1 Å². The molecule has 1 aliphatic carbocycles. The van der Waals surface area contributed by atoms with Crippen LogP contribution in [-0.4, -0.2) is 26.2 Å². The van der Waals surface area contributed by atoms with Gasteiger partial charge in [0.25, 0.3) is 0 Å². The molecule has 2 rings (SSSR count). The Hall–Kier alpha value is -1.71. The van der Waals surface area contributed by atoms with Gasteiger partial charge in [0.15, 0.2) is 5.96 Å². The summed E-state index contributed by atoms with van der Waals surface area (Å²) in [6, 6.07) is 6.29. The molecule has 0 spiro atoms. The van der Waals surface area contributed by atoms with Gasteiger partial charge in [0.2, 0.25) is 0 Å². The SMILES string of the molecule is CCOc1ccc(CNC(=NC)NCC2CC2)cc1C. The molecule has 0 unspecified atom stereocenters. The van der Waals surface area contributed by atoms with Crippen LogP contribution in [0.2, 0.25) is 0 Å². The van der Waals surface area contributed by atoms with Gasteiger partial charge in [-0.15, -0.1) is 0 Å². The van der Waals surface area contributed by atoms with Crippen molar-refractivity contribution in [1.82, 2.24) is 10.6 Å². The standard InChI is InChI=1S/C16H25N3O/c1-4-20-15-8-7-14(9-12(15)2)11-19-16(17-3)18-10-13-5-6-13/h7-9,13H,4-6,10-11H2,1-3H3,(H2,17,18,19). The van der Waals surface area contributed by atoms with Gasteiger partial charge >= 0.3 is 0 Å². The van der Waals surface area contributed by atoms with Crippen LogP contribution in [0.1, 0.15) is 30.9 Å². The summed E-state index contributed by atoms with van der Waals surface area (Å²) in [4.78, 5) is 4.24. The Bertz CT molecular complexity index is 467. The third kappa shape index (κ3) is 4.44. The summed E-state index contributed by atoms with van der Waals surface area (Å²) in [5.74, 6) is 2.69. The molecule has 0 saturated heterocycles.